The molecule has 0 N–H and O–H groups in total. The van der Waals surface area contributed by atoms with E-state index >= 15 is 0 Å². The summed E-state index contributed by atoms with van der Waals surface area (Å²) in [6.45, 7) is 2.11. The van der Waals surface area contributed by atoms with Gasteiger partial charge < -0.3 is 14.4 Å². The Morgan fingerprint density at radius 3 is 2.71 bits per heavy atom. The highest BCUT2D eigenvalue weighted by Gasteiger charge is 2.72. The molecule has 2 atom stereocenters. The molecular formula is C14H19NO2. The number of likely N-dealkylation sites (tertiary alicyclic amines) is 1. The minimum absolute atomic E-state index is 0.129. The summed E-state index contributed by atoms with van der Waals surface area (Å²) in [5.41, 5.74) is 1.01. The van der Waals surface area contributed by atoms with Crippen LogP contribution in [-0.4, -0.2) is 37.7 Å². The van der Waals surface area contributed by atoms with Gasteiger partial charge in [-0.1, -0.05) is 30.3 Å². The Morgan fingerprint density at radius 2 is 2.06 bits per heavy atom. The molecule has 0 aromatic heterocycles. The second-order valence-electron chi connectivity index (χ2n) is 5.12. The van der Waals surface area contributed by atoms with Gasteiger partial charge in [-0.25, -0.2) is 0 Å². The Bertz CT molecular complexity index is 408. The van der Waals surface area contributed by atoms with Gasteiger partial charge in [-0.05, 0) is 26.4 Å². The molecule has 2 saturated heterocycles. The lowest BCUT2D eigenvalue weighted by Crippen LogP contribution is -2.42. The van der Waals surface area contributed by atoms with E-state index in [0.29, 0.717) is 0 Å². The fourth-order valence-electron chi connectivity index (χ4n) is 3.16. The summed E-state index contributed by atoms with van der Waals surface area (Å²) in [6, 6.07) is 10.3. The standard InChI is InChI=1S/C14H19NO2/c1-15-10-6-9-13(11-15)14(16-2,17-13)12-7-4-3-5-8-12/h3-5,7-8H,6,9-11H2,1-2H3/t13-,14+/m1/s1. The number of benzene rings is 1. The highest BCUT2D eigenvalue weighted by atomic mass is 16.8. The smallest absolute Gasteiger partial charge is 0.227 e. The van der Waals surface area contributed by atoms with E-state index in [1.807, 2.05) is 18.2 Å². The van der Waals surface area contributed by atoms with E-state index in [0.717, 1.165) is 25.1 Å². The van der Waals surface area contributed by atoms with Gasteiger partial charge in [0.2, 0.25) is 5.79 Å². The number of epoxide rings is 1. The number of likely N-dealkylation sites (N-methyl/N-ethyl adjacent to an activating group) is 1. The van der Waals surface area contributed by atoms with Crippen LogP contribution in [-0.2, 0) is 15.3 Å². The minimum Gasteiger partial charge on any atom is -0.347 e. The van der Waals surface area contributed by atoms with E-state index in [1.165, 1.54) is 6.42 Å². The highest BCUT2D eigenvalue weighted by molar-refractivity contribution is 5.31. The molecule has 2 heterocycles. The molecule has 0 radical (unpaired) electrons. The zero-order valence-electron chi connectivity index (χ0n) is 10.5. The van der Waals surface area contributed by atoms with E-state index in [1.54, 1.807) is 7.11 Å². The van der Waals surface area contributed by atoms with E-state index in [9.17, 15) is 0 Å². The van der Waals surface area contributed by atoms with Gasteiger partial charge >= 0.3 is 0 Å². The molecule has 3 rings (SSSR count). The molecule has 2 fully saturated rings. The quantitative estimate of drug-likeness (QED) is 0.730. The van der Waals surface area contributed by atoms with Crippen LogP contribution < -0.4 is 0 Å². The van der Waals surface area contributed by atoms with Crippen molar-refractivity contribution in [2.75, 3.05) is 27.2 Å². The highest BCUT2D eigenvalue weighted by Crippen LogP contribution is 2.59. The van der Waals surface area contributed by atoms with Crippen LogP contribution in [0.3, 0.4) is 0 Å². The molecule has 2 aliphatic rings. The zero-order chi connectivity index (χ0) is 11.9. The third-order valence-electron chi connectivity index (χ3n) is 3.98. The Morgan fingerprint density at radius 1 is 1.29 bits per heavy atom. The lowest BCUT2D eigenvalue weighted by molar-refractivity contribution is -0.0157. The number of nitrogens with zero attached hydrogens (tertiary/aromatic N) is 1. The topological polar surface area (TPSA) is 25.0 Å². The lowest BCUT2D eigenvalue weighted by atomic mass is 9.88. The predicted octanol–water partition coefficient (Wildman–Crippen LogP) is 1.98. The zero-order valence-corrected chi connectivity index (χ0v) is 10.5. The van der Waals surface area contributed by atoms with Crippen LogP contribution >= 0.6 is 0 Å². The predicted molar refractivity (Wildman–Crippen MR) is 65.7 cm³/mol. The molecular weight excluding hydrogens is 214 g/mol. The van der Waals surface area contributed by atoms with Gasteiger partial charge in [-0.2, -0.15) is 0 Å². The first-order valence-corrected chi connectivity index (χ1v) is 6.22. The molecule has 0 saturated carbocycles. The van der Waals surface area contributed by atoms with Gasteiger partial charge in [0.15, 0.2) is 0 Å². The maximum atomic E-state index is 6.07. The maximum absolute atomic E-state index is 6.07. The number of hydrogen-bond donors (Lipinski definition) is 0. The first kappa shape index (κ1) is 11.2. The van der Waals surface area contributed by atoms with Crippen molar-refractivity contribution in [3.8, 4) is 0 Å². The van der Waals surface area contributed by atoms with E-state index in [2.05, 4.69) is 24.1 Å². The van der Waals surface area contributed by atoms with Crippen LogP contribution in [0.5, 0.6) is 0 Å². The first-order valence-electron chi connectivity index (χ1n) is 6.22. The summed E-state index contributed by atoms with van der Waals surface area (Å²) >= 11 is 0. The fraction of sp³-hybridized carbons (Fsp3) is 0.571. The van der Waals surface area contributed by atoms with Crippen molar-refractivity contribution in [1.82, 2.24) is 4.90 Å². The second kappa shape index (κ2) is 3.80. The van der Waals surface area contributed by atoms with Crippen molar-refractivity contribution in [3.63, 3.8) is 0 Å². The third kappa shape index (κ3) is 1.53. The number of hydrogen-bond acceptors (Lipinski definition) is 3. The summed E-state index contributed by atoms with van der Waals surface area (Å²) in [5, 5.41) is 0. The second-order valence-corrected chi connectivity index (χ2v) is 5.12. The fourth-order valence-corrected chi connectivity index (χ4v) is 3.16. The van der Waals surface area contributed by atoms with Crippen LogP contribution in [0.25, 0.3) is 0 Å². The van der Waals surface area contributed by atoms with Crippen LogP contribution in [0.15, 0.2) is 30.3 Å². The van der Waals surface area contributed by atoms with Crippen LogP contribution in [0, 0.1) is 0 Å². The molecule has 1 aromatic carbocycles. The molecule has 1 spiro atoms. The molecule has 0 unspecified atom stereocenters. The SMILES string of the molecule is CO[C@@]1(c2ccccc2)O[C@@]12CCCN(C)C2. The average Bonchev–Trinajstić information content (AvgIpc) is 2.98. The monoisotopic (exact) mass is 233 g/mol. The molecule has 0 bridgehead atoms. The van der Waals surface area contributed by atoms with Crippen molar-refractivity contribution in [1.29, 1.82) is 0 Å². The molecule has 3 nitrogen and oxygen atoms in total. The molecule has 17 heavy (non-hydrogen) atoms. The van der Waals surface area contributed by atoms with E-state index < -0.39 is 5.79 Å². The van der Waals surface area contributed by atoms with Gasteiger partial charge in [0.05, 0.1) is 0 Å². The summed E-state index contributed by atoms with van der Waals surface area (Å²) in [6.07, 6.45) is 2.26. The van der Waals surface area contributed by atoms with Crippen LogP contribution in [0.2, 0.25) is 0 Å². The lowest BCUT2D eigenvalue weighted by Gasteiger charge is -2.29. The van der Waals surface area contributed by atoms with Gasteiger partial charge in [0, 0.05) is 19.2 Å². The number of rotatable bonds is 2. The molecule has 0 amide bonds. The summed E-state index contributed by atoms with van der Waals surface area (Å²) in [5.74, 6) is -0.511. The molecule has 2 aliphatic heterocycles. The van der Waals surface area contributed by atoms with Gasteiger partial charge in [-0.3, -0.25) is 0 Å². The Labute approximate surface area is 102 Å². The molecule has 92 valence electrons. The number of methoxy groups -OCH3 is 1. The molecule has 3 heteroatoms. The van der Waals surface area contributed by atoms with Gasteiger partial charge in [-0.15, -0.1) is 0 Å². The van der Waals surface area contributed by atoms with Crippen molar-refractivity contribution in [3.05, 3.63) is 35.9 Å². The normalized spacial score (nSPS) is 37.3. The van der Waals surface area contributed by atoms with Crippen molar-refractivity contribution >= 4 is 0 Å². The molecule has 1 aromatic rings. The summed E-state index contributed by atoms with van der Waals surface area (Å²) in [7, 11) is 3.89. The Hall–Kier alpha value is -0.900. The summed E-state index contributed by atoms with van der Waals surface area (Å²) < 4.78 is 11.8. The largest absolute Gasteiger partial charge is 0.347 e. The van der Waals surface area contributed by atoms with Crippen molar-refractivity contribution < 1.29 is 9.47 Å². The van der Waals surface area contributed by atoms with Crippen molar-refractivity contribution in [2.24, 2.45) is 0 Å². The van der Waals surface area contributed by atoms with Gasteiger partial charge in [0.25, 0.3) is 0 Å². The maximum Gasteiger partial charge on any atom is 0.227 e. The minimum atomic E-state index is -0.511. The summed E-state index contributed by atoms with van der Waals surface area (Å²) in [4.78, 5) is 2.33. The van der Waals surface area contributed by atoms with E-state index in [4.69, 9.17) is 9.47 Å². The Kier molecular flexibility index (Phi) is 2.51. The van der Waals surface area contributed by atoms with Crippen LogP contribution in [0.4, 0.5) is 0 Å². The average molecular weight is 233 g/mol. The van der Waals surface area contributed by atoms with Crippen LogP contribution in [0.1, 0.15) is 18.4 Å². The number of ether oxygens (including phenoxy) is 2. The first-order chi connectivity index (χ1) is 8.22. The van der Waals surface area contributed by atoms with Gasteiger partial charge in [0.1, 0.15) is 5.60 Å². The van der Waals surface area contributed by atoms with Crippen molar-refractivity contribution in [2.45, 2.75) is 24.2 Å². The van der Waals surface area contributed by atoms with E-state index in [-0.39, 0.29) is 5.60 Å². The molecule has 0 aliphatic carbocycles. The number of piperidine rings is 1. The third-order valence-corrected chi connectivity index (χ3v) is 3.98. The Balaban J connectivity index is 1.92.